The molecular formula is C14H10Cl2N2O3. The van der Waals surface area contributed by atoms with E-state index in [9.17, 15) is 9.59 Å². The van der Waals surface area contributed by atoms with Crippen molar-refractivity contribution in [2.75, 3.05) is 12.4 Å². The molecule has 0 bridgehead atoms. The van der Waals surface area contributed by atoms with E-state index in [1.807, 2.05) is 0 Å². The number of nitrogens with zero attached hydrogens (tertiary/aromatic N) is 1. The van der Waals surface area contributed by atoms with Gasteiger partial charge >= 0.3 is 5.97 Å². The maximum atomic E-state index is 12.0. The van der Waals surface area contributed by atoms with E-state index in [1.165, 1.54) is 31.5 Å². The van der Waals surface area contributed by atoms with Gasteiger partial charge in [-0.25, -0.2) is 4.79 Å². The van der Waals surface area contributed by atoms with Crippen LogP contribution in [0.25, 0.3) is 0 Å². The molecule has 1 aromatic heterocycles. The average Bonchev–Trinajstić information content (AvgIpc) is 2.50. The largest absolute Gasteiger partial charge is 0.465 e. The highest BCUT2D eigenvalue weighted by molar-refractivity contribution is 6.35. The lowest BCUT2D eigenvalue weighted by molar-refractivity contribution is 0.0600. The fourth-order valence-corrected chi connectivity index (χ4v) is 1.88. The second kappa shape index (κ2) is 6.56. The van der Waals surface area contributed by atoms with Crippen molar-refractivity contribution in [3.63, 3.8) is 0 Å². The highest BCUT2D eigenvalue weighted by Gasteiger charge is 2.12. The number of amides is 1. The van der Waals surface area contributed by atoms with Crippen LogP contribution in [0.3, 0.4) is 0 Å². The third-order valence-electron chi connectivity index (χ3n) is 2.59. The number of pyridine rings is 1. The molecular weight excluding hydrogens is 315 g/mol. The van der Waals surface area contributed by atoms with Crippen LogP contribution in [0.4, 0.5) is 5.69 Å². The van der Waals surface area contributed by atoms with Crippen molar-refractivity contribution in [1.82, 2.24) is 4.98 Å². The van der Waals surface area contributed by atoms with Gasteiger partial charge in [-0.05, 0) is 30.3 Å². The molecule has 1 N–H and O–H groups in total. The van der Waals surface area contributed by atoms with E-state index >= 15 is 0 Å². The van der Waals surface area contributed by atoms with Crippen LogP contribution in [0.15, 0.2) is 36.5 Å². The number of hydrogen-bond acceptors (Lipinski definition) is 4. The molecule has 0 unspecified atom stereocenters. The third-order valence-corrected chi connectivity index (χ3v) is 3.16. The summed E-state index contributed by atoms with van der Waals surface area (Å²) in [6, 6.07) is 7.59. The zero-order valence-electron chi connectivity index (χ0n) is 10.9. The Morgan fingerprint density at radius 3 is 2.57 bits per heavy atom. The maximum absolute atomic E-state index is 12.0. The number of aromatic nitrogens is 1. The summed E-state index contributed by atoms with van der Waals surface area (Å²) >= 11 is 11.8. The number of carbonyl (C=O) groups excluding carboxylic acids is 2. The lowest BCUT2D eigenvalue weighted by Crippen LogP contribution is -2.14. The summed E-state index contributed by atoms with van der Waals surface area (Å²) in [7, 11) is 1.27. The predicted molar refractivity (Wildman–Crippen MR) is 80.0 cm³/mol. The van der Waals surface area contributed by atoms with Gasteiger partial charge < -0.3 is 10.1 Å². The first-order valence-electron chi connectivity index (χ1n) is 5.82. The van der Waals surface area contributed by atoms with Crippen LogP contribution >= 0.6 is 23.2 Å². The van der Waals surface area contributed by atoms with Gasteiger partial charge in [-0.1, -0.05) is 23.2 Å². The molecule has 0 saturated heterocycles. The lowest BCUT2D eigenvalue weighted by atomic mass is 10.2. The van der Waals surface area contributed by atoms with Crippen LogP contribution < -0.4 is 5.32 Å². The molecule has 0 aliphatic heterocycles. The van der Waals surface area contributed by atoms with Gasteiger partial charge in [0.1, 0.15) is 5.69 Å². The van der Waals surface area contributed by atoms with Crippen molar-refractivity contribution in [3.8, 4) is 0 Å². The minimum Gasteiger partial charge on any atom is -0.465 e. The fourth-order valence-electron chi connectivity index (χ4n) is 1.55. The van der Waals surface area contributed by atoms with Gasteiger partial charge in [0, 0.05) is 11.2 Å². The van der Waals surface area contributed by atoms with Crippen molar-refractivity contribution in [3.05, 3.63) is 57.8 Å². The Bertz CT molecular complexity index is 687. The lowest BCUT2D eigenvalue weighted by Gasteiger charge is -2.07. The zero-order valence-corrected chi connectivity index (χ0v) is 12.4. The Balaban J connectivity index is 2.17. The number of rotatable bonds is 3. The van der Waals surface area contributed by atoms with E-state index in [0.717, 1.165) is 0 Å². The van der Waals surface area contributed by atoms with E-state index in [0.29, 0.717) is 15.7 Å². The van der Waals surface area contributed by atoms with Crippen molar-refractivity contribution in [2.45, 2.75) is 0 Å². The molecule has 1 heterocycles. The summed E-state index contributed by atoms with van der Waals surface area (Å²) in [6.07, 6.45) is 1.26. The second-order valence-corrected chi connectivity index (χ2v) is 4.85. The van der Waals surface area contributed by atoms with Crippen molar-refractivity contribution >= 4 is 40.8 Å². The molecule has 0 fully saturated rings. The third kappa shape index (κ3) is 3.71. The smallest absolute Gasteiger partial charge is 0.339 e. The van der Waals surface area contributed by atoms with Crippen molar-refractivity contribution < 1.29 is 14.3 Å². The second-order valence-electron chi connectivity index (χ2n) is 4.00. The first kappa shape index (κ1) is 15.3. The Labute approximate surface area is 130 Å². The van der Waals surface area contributed by atoms with E-state index in [2.05, 4.69) is 15.0 Å². The van der Waals surface area contributed by atoms with E-state index in [-0.39, 0.29) is 11.3 Å². The number of anilines is 1. The molecule has 2 aromatic rings. The Kier molecular flexibility index (Phi) is 4.77. The van der Waals surface area contributed by atoms with Gasteiger partial charge in [0.25, 0.3) is 5.91 Å². The quantitative estimate of drug-likeness (QED) is 0.878. The summed E-state index contributed by atoms with van der Waals surface area (Å²) < 4.78 is 4.55. The number of hydrogen-bond donors (Lipinski definition) is 1. The fraction of sp³-hybridized carbons (Fsp3) is 0.0714. The molecule has 108 valence electrons. The van der Waals surface area contributed by atoms with Crippen LogP contribution in [0.2, 0.25) is 10.0 Å². The Hall–Kier alpha value is -2.11. The minimum atomic E-state index is -0.521. The predicted octanol–water partition coefficient (Wildman–Crippen LogP) is 3.43. The van der Waals surface area contributed by atoms with Crippen molar-refractivity contribution in [1.29, 1.82) is 0 Å². The van der Waals surface area contributed by atoms with E-state index in [1.54, 1.807) is 12.1 Å². The van der Waals surface area contributed by atoms with Gasteiger partial charge in [0.2, 0.25) is 0 Å². The summed E-state index contributed by atoms with van der Waals surface area (Å²) in [5.41, 5.74) is 0.779. The van der Waals surface area contributed by atoms with Gasteiger partial charge in [-0.3, -0.25) is 9.78 Å². The average molecular weight is 325 g/mol. The summed E-state index contributed by atoms with van der Waals surface area (Å²) in [5, 5.41) is 3.40. The standard InChI is InChI=1S/C14H10Cl2N2O3/c1-21-14(20)8-2-5-11(17-7-8)13(19)18-12-6-9(15)3-4-10(12)16/h2-7H,1H3,(H,18,19). The molecule has 0 saturated carbocycles. The van der Waals surface area contributed by atoms with Crippen LogP contribution in [0, 0.1) is 0 Å². The maximum Gasteiger partial charge on any atom is 0.339 e. The first-order valence-corrected chi connectivity index (χ1v) is 6.57. The molecule has 5 nitrogen and oxygen atoms in total. The molecule has 0 spiro atoms. The summed E-state index contributed by atoms with van der Waals surface area (Å²) in [4.78, 5) is 27.2. The monoisotopic (exact) mass is 324 g/mol. The zero-order chi connectivity index (χ0) is 15.4. The van der Waals surface area contributed by atoms with Gasteiger partial charge in [0.15, 0.2) is 0 Å². The number of halogens is 2. The van der Waals surface area contributed by atoms with Gasteiger partial charge in [-0.2, -0.15) is 0 Å². The van der Waals surface area contributed by atoms with Crippen molar-refractivity contribution in [2.24, 2.45) is 0 Å². The minimum absolute atomic E-state index is 0.138. The molecule has 1 amide bonds. The summed E-state index contributed by atoms with van der Waals surface area (Å²) in [6.45, 7) is 0. The first-order chi connectivity index (χ1) is 10.0. The highest BCUT2D eigenvalue weighted by Crippen LogP contribution is 2.25. The van der Waals surface area contributed by atoms with Crippen LogP contribution in [0.5, 0.6) is 0 Å². The number of nitrogens with one attached hydrogen (secondary N) is 1. The molecule has 0 aliphatic rings. The molecule has 1 aromatic carbocycles. The molecule has 0 aliphatic carbocycles. The number of methoxy groups -OCH3 is 1. The Morgan fingerprint density at radius 2 is 1.95 bits per heavy atom. The molecule has 0 radical (unpaired) electrons. The van der Waals surface area contributed by atoms with E-state index < -0.39 is 11.9 Å². The normalized spacial score (nSPS) is 10.0. The Morgan fingerprint density at radius 1 is 1.19 bits per heavy atom. The molecule has 21 heavy (non-hydrogen) atoms. The molecule has 0 atom stereocenters. The topological polar surface area (TPSA) is 68.3 Å². The van der Waals surface area contributed by atoms with Gasteiger partial charge in [0.05, 0.1) is 23.4 Å². The number of carbonyl (C=O) groups is 2. The van der Waals surface area contributed by atoms with Gasteiger partial charge in [-0.15, -0.1) is 0 Å². The summed E-state index contributed by atoms with van der Waals surface area (Å²) in [5.74, 6) is -0.983. The highest BCUT2D eigenvalue weighted by atomic mass is 35.5. The van der Waals surface area contributed by atoms with Crippen LogP contribution in [-0.4, -0.2) is 24.0 Å². The number of esters is 1. The van der Waals surface area contributed by atoms with E-state index in [4.69, 9.17) is 23.2 Å². The van der Waals surface area contributed by atoms with Crippen LogP contribution in [0.1, 0.15) is 20.8 Å². The molecule has 2 rings (SSSR count). The molecule has 7 heteroatoms. The SMILES string of the molecule is COC(=O)c1ccc(C(=O)Nc2cc(Cl)ccc2Cl)nc1. The van der Waals surface area contributed by atoms with Crippen LogP contribution in [-0.2, 0) is 4.74 Å². The number of benzene rings is 1. The number of ether oxygens (including phenoxy) is 1.